The van der Waals surface area contributed by atoms with Gasteiger partial charge in [0.15, 0.2) is 5.96 Å². The first-order valence-corrected chi connectivity index (χ1v) is 12.1. The van der Waals surface area contributed by atoms with Crippen LogP contribution in [0, 0.1) is 12.8 Å². The fraction of sp³-hybridized carbons (Fsp3) is 0.619. The lowest BCUT2D eigenvalue weighted by atomic mass is 9.97. The van der Waals surface area contributed by atoms with Crippen molar-refractivity contribution in [1.29, 1.82) is 0 Å². The third kappa shape index (κ3) is 6.57. The maximum Gasteiger partial charge on any atom is 0.191 e. The molecule has 2 aromatic heterocycles. The first kappa shape index (κ1) is 21.3. The summed E-state index contributed by atoms with van der Waals surface area (Å²) in [6.45, 7) is 12.4. The summed E-state index contributed by atoms with van der Waals surface area (Å²) < 4.78 is 0. The number of nitrogens with zero attached hydrogens (tertiary/aromatic N) is 3. The Morgan fingerprint density at radius 3 is 2.64 bits per heavy atom. The molecule has 3 heterocycles. The molecule has 0 aliphatic carbocycles. The number of hydrogen-bond donors (Lipinski definition) is 2. The molecule has 1 fully saturated rings. The zero-order valence-corrected chi connectivity index (χ0v) is 19.0. The molecule has 1 aliphatic heterocycles. The molecule has 154 valence electrons. The van der Waals surface area contributed by atoms with E-state index in [-0.39, 0.29) is 0 Å². The molecule has 0 unspecified atom stereocenters. The Morgan fingerprint density at radius 2 is 2.00 bits per heavy atom. The molecule has 1 saturated heterocycles. The molecule has 2 N–H and O–H groups in total. The van der Waals surface area contributed by atoms with E-state index in [2.05, 4.69) is 58.8 Å². The quantitative estimate of drug-likeness (QED) is 0.501. The van der Waals surface area contributed by atoms with Crippen LogP contribution in [0.2, 0.25) is 0 Å². The maximum absolute atomic E-state index is 4.78. The Labute approximate surface area is 177 Å². The lowest BCUT2D eigenvalue weighted by Crippen LogP contribution is -2.42. The highest BCUT2D eigenvalue weighted by atomic mass is 32.1. The molecule has 3 rings (SSSR count). The predicted octanol–water partition coefficient (Wildman–Crippen LogP) is 4.04. The second kappa shape index (κ2) is 10.9. The van der Waals surface area contributed by atoms with Gasteiger partial charge in [0.2, 0.25) is 0 Å². The standard InChI is InChI=1S/C21H33N5S2/c1-4-19-6-7-20(28-19)13-24-21(22-5-2)23-12-17-8-10-26(11-9-17)14-18-15-27-16(3)25-18/h6-7,15,17H,4-5,8-14H2,1-3H3,(H2,22,23,24). The van der Waals surface area contributed by atoms with Crippen LogP contribution in [-0.4, -0.2) is 42.0 Å². The minimum absolute atomic E-state index is 0.714. The van der Waals surface area contributed by atoms with Gasteiger partial charge in [-0.25, -0.2) is 9.98 Å². The number of rotatable bonds is 8. The Balaban J connectivity index is 1.42. The van der Waals surface area contributed by atoms with Gasteiger partial charge in [0.05, 0.1) is 17.2 Å². The minimum Gasteiger partial charge on any atom is -0.357 e. The third-order valence-electron chi connectivity index (χ3n) is 5.12. The zero-order valence-electron chi connectivity index (χ0n) is 17.3. The number of aromatic nitrogens is 1. The number of nitrogens with one attached hydrogen (secondary N) is 2. The highest BCUT2D eigenvalue weighted by Crippen LogP contribution is 2.20. The smallest absolute Gasteiger partial charge is 0.191 e. The molecular formula is C21H33N5S2. The number of aryl methyl sites for hydroxylation is 2. The van der Waals surface area contributed by atoms with E-state index in [0.717, 1.165) is 56.7 Å². The summed E-state index contributed by atoms with van der Waals surface area (Å²) in [6, 6.07) is 4.42. The van der Waals surface area contributed by atoms with Crippen LogP contribution in [-0.2, 0) is 19.5 Å². The number of thiophene rings is 1. The summed E-state index contributed by atoms with van der Waals surface area (Å²) in [4.78, 5) is 14.7. The van der Waals surface area contributed by atoms with Gasteiger partial charge in [-0.05, 0) is 64.3 Å². The fourth-order valence-corrected chi connectivity index (χ4v) is 4.98. The van der Waals surface area contributed by atoms with Crippen molar-refractivity contribution in [1.82, 2.24) is 20.5 Å². The minimum atomic E-state index is 0.714. The molecule has 0 spiro atoms. The van der Waals surface area contributed by atoms with Crippen LogP contribution in [0.4, 0.5) is 0 Å². The average molecular weight is 420 g/mol. The van der Waals surface area contributed by atoms with Gasteiger partial charge in [-0.15, -0.1) is 22.7 Å². The maximum atomic E-state index is 4.78. The Bertz CT molecular complexity index is 744. The molecular weight excluding hydrogens is 386 g/mol. The Kier molecular flexibility index (Phi) is 8.30. The van der Waals surface area contributed by atoms with Gasteiger partial charge in [0, 0.05) is 34.8 Å². The van der Waals surface area contributed by atoms with E-state index in [1.54, 1.807) is 11.3 Å². The van der Waals surface area contributed by atoms with Gasteiger partial charge in [-0.2, -0.15) is 0 Å². The summed E-state index contributed by atoms with van der Waals surface area (Å²) >= 11 is 3.62. The summed E-state index contributed by atoms with van der Waals surface area (Å²) in [5.74, 6) is 1.65. The highest BCUT2D eigenvalue weighted by Gasteiger charge is 2.20. The van der Waals surface area contributed by atoms with Gasteiger partial charge in [-0.1, -0.05) is 6.92 Å². The molecule has 0 atom stereocenters. The van der Waals surface area contributed by atoms with E-state index in [1.807, 2.05) is 11.3 Å². The fourth-order valence-electron chi connectivity index (χ4n) is 3.50. The van der Waals surface area contributed by atoms with Gasteiger partial charge >= 0.3 is 0 Å². The number of piperidine rings is 1. The molecule has 2 aromatic rings. The zero-order chi connectivity index (χ0) is 19.8. The van der Waals surface area contributed by atoms with Gasteiger partial charge < -0.3 is 10.6 Å². The summed E-state index contributed by atoms with van der Waals surface area (Å²) in [6.07, 6.45) is 3.58. The van der Waals surface area contributed by atoms with Crippen LogP contribution in [0.1, 0.15) is 47.1 Å². The van der Waals surface area contributed by atoms with Gasteiger partial charge in [0.1, 0.15) is 0 Å². The monoisotopic (exact) mass is 419 g/mol. The summed E-state index contributed by atoms with van der Waals surface area (Å²) in [7, 11) is 0. The van der Waals surface area contributed by atoms with E-state index >= 15 is 0 Å². The van der Waals surface area contributed by atoms with E-state index in [4.69, 9.17) is 4.99 Å². The second-order valence-corrected chi connectivity index (χ2v) is 9.69. The molecule has 1 aliphatic rings. The number of guanidine groups is 1. The van der Waals surface area contributed by atoms with Crippen LogP contribution in [0.15, 0.2) is 22.5 Å². The van der Waals surface area contributed by atoms with E-state index in [0.29, 0.717) is 5.92 Å². The van der Waals surface area contributed by atoms with Crippen LogP contribution in [0.3, 0.4) is 0 Å². The first-order chi connectivity index (χ1) is 13.7. The van der Waals surface area contributed by atoms with Crippen molar-refractivity contribution < 1.29 is 0 Å². The topological polar surface area (TPSA) is 52.6 Å². The average Bonchev–Trinajstić information content (AvgIpc) is 3.34. The largest absolute Gasteiger partial charge is 0.357 e. The molecule has 5 nitrogen and oxygen atoms in total. The van der Waals surface area contributed by atoms with Crippen LogP contribution in [0.25, 0.3) is 0 Å². The Morgan fingerprint density at radius 1 is 1.21 bits per heavy atom. The van der Waals surface area contributed by atoms with E-state index in [9.17, 15) is 0 Å². The normalized spacial score (nSPS) is 16.5. The van der Waals surface area contributed by atoms with Crippen molar-refractivity contribution in [3.63, 3.8) is 0 Å². The molecule has 0 saturated carbocycles. The summed E-state index contributed by atoms with van der Waals surface area (Å²) in [5, 5.41) is 10.3. The lowest BCUT2D eigenvalue weighted by molar-refractivity contribution is 0.176. The first-order valence-electron chi connectivity index (χ1n) is 10.4. The van der Waals surface area contributed by atoms with Crippen molar-refractivity contribution in [2.45, 2.75) is 53.1 Å². The van der Waals surface area contributed by atoms with Crippen molar-refractivity contribution >= 4 is 28.6 Å². The van der Waals surface area contributed by atoms with Gasteiger partial charge in [0.25, 0.3) is 0 Å². The third-order valence-corrected chi connectivity index (χ3v) is 7.16. The molecule has 7 heteroatoms. The molecule has 28 heavy (non-hydrogen) atoms. The predicted molar refractivity (Wildman–Crippen MR) is 121 cm³/mol. The van der Waals surface area contributed by atoms with Crippen molar-refractivity contribution in [3.8, 4) is 0 Å². The number of aliphatic imine (C=N–C) groups is 1. The highest BCUT2D eigenvalue weighted by molar-refractivity contribution is 7.12. The number of likely N-dealkylation sites (tertiary alicyclic amines) is 1. The van der Waals surface area contributed by atoms with E-state index in [1.165, 1.54) is 28.3 Å². The van der Waals surface area contributed by atoms with Crippen molar-refractivity contribution in [2.24, 2.45) is 10.9 Å². The number of thiazole rings is 1. The molecule has 0 amide bonds. The SMILES string of the molecule is CCNC(=NCc1ccc(CC)s1)NCC1CCN(Cc2csc(C)n2)CC1. The molecule has 0 aromatic carbocycles. The summed E-state index contributed by atoms with van der Waals surface area (Å²) in [5.41, 5.74) is 1.22. The molecule has 0 radical (unpaired) electrons. The van der Waals surface area contributed by atoms with Crippen LogP contribution < -0.4 is 10.6 Å². The number of hydrogen-bond acceptors (Lipinski definition) is 5. The van der Waals surface area contributed by atoms with Crippen molar-refractivity contribution in [3.05, 3.63) is 38.0 Å². The van der Waals surface area contributed by atoms with Crippen LogP contribution in [0.5, 0.6) is 0 Å². The van der Waals surface area contributed by atoms with Crippen molar-refractivity contribution in [2.75, 3.05) is 26.2 Å². The molecule has 0 bridgehead atoms. The van der Waals surface area contributed by atoms with E-state index < -0.39 is 0 Å². The lowest BCUT2D eigenvalue weighted by Gasteiger charge is -2.31. The van der Waals surface area contributed by atoms with Gasteiger partial charge in [-0.3, -0.25) is 4.90 Å². The second-order valence-electron chi connectivity index (χ2n) is 7.38. The van der Waals surface area contributed by atoms with Crippen LogP contribution >= 0.6 is 22.7 Å². The Hall–Kier alpha value is -1.44.